The maximum absolute atomic E-state index is 16.5. The first-order valence-electron chi connectivity index (χ1n) is 23.9. The highest BCUT2D eigenvalue weighted by Gasteiger charge is 2.76. The van der Waals surface area contributed by atoms with E-state index in [9.17, 15) is 20.1 Å². The Labute approximate surface area is 407 Å². The second kappa shape index (κ2) is 21.0. The van der Waals surface area contributed by atoms with Crippen molar-refractivity contribution in [1.29, 1.82) is 0 Å². The van der Waals surface area contributed by atoms with Crippen LogP contribution < -0.4 is 15.0 Å². The molecular formula is C56H57N3O11. The predicted molar refractivity (Wildman–Crippen MR) is 258 cm³/mol. The molecule has 14 nitrogen and oxygen atoms in total. The van der Waals surface area contributed by atoms with E-state index < -0.39 is 71.1 Å². The number of carbonyl (C=O) groups excluding carboxylic acids is 4. The molecule has 362 valence electrons. The van der Waals surface area contributed by atoms with E-state index in [0.717, 1.165) is 30.6 Å². The molecule has 4 aliphatic rings. The highest BCUT2D eigenvalue weighted by atomic mass is 16.6. The molecule has 3 heterocycles. The van der Waals surface area contributed by atoms with Gasteiger partial charge < -0.3 is 39.6 Å². The van der Waals surface area contributed by atoms with Gasteiger partial charge in [0.2, 0.25) is 11.8 Å². The highest BCUT2D eigenvalue weighted by molar-refractivity contribution is 6.23. The van der Waals surface area contributed by atoms with Gasteiger partial charge in [0.05, 0.1) is 43.0 Å². The van der Waals surface area contributed by atoms with Crippen LogP contribution in [0.4, 0.5) is 10.5 Å². The minimum Gasteiger partial charge on any atom is -0.491 e. The first-order valence-corrected chi connectivity index (χ1v) is 23.9. The van der Waals surface area contributed by atoms with Crippen LogP contribution in [-0.2, 0) is 34.0 Å². The summed E-state index contributed by atoms with van der Waals surface area (Å²) in [7, 11) is 1.45. The fourth-order valence-electron chi connectivity index (χ4n) is 10.9. The van der Waals surface area contributed by atoms with Crippen LogP contribution in [0.5, 0.6) is 5.75 Å². The third-order valence-electron chi connectivity index (χ3n) is 14.0. The number of nitrogens with one attached hydrogen (secondary N) is 1. The summed E-state index contributed by atoms with van der Waals surface area (Å²) in [6.45, 7) is -0.971. The molecule has 5 aromatic rings. The molecule has 3 amide bonds. The van der Waals surface area contributed by atoms with Gasteiger partial charge in [0, 0.05) is 24.8 Å². The molecule has 70 heavy (non-hydrogen) atoms. The number of esters is 1. The monoisotopic (exact) mass is 947 g/mol. The molecule has 1 saturated carbocycles. The lowest BCUT2D eigenvalue weighted by molar-refractivity contribution is -0.178. The van der Waals surface area contributed by atoms with Crippen LogP contribution in [0.2, 0.25) is 0 Å². The van der Waals surface area contributed by atoms with E-state index in [1.807, 2.05) is 65.6 Å². The first-order chi connectivity index (χ1) is 34.1. The van der Waals surface area contributed by atoms with Gasteiger partial charge in [-0.3, -0.25) is 19.3 Å². The standard InChI is InChI=1S/C56H57N3O11/c1-67-33-34-69-54(65)58-43-26-25-37(27-30-55(66)28-15-2-3-16-29-55)35-42(43)56(53(58)64)46(51(62)57-36-44(61)38-17-7-4-8-18-38)48-52(63)70-49(40-21-11-6-12-22-40)47(39-19-9-5-10-20-39)59(48)50(56)41-23-13-14-24-45(41)68-32-31-60/h4-14,17-26,35,44,46-50,60-61,66H,2-3,15-16,28-29,31-34,36H2,1H3,(H,57,62)/t44-,46-,47-,48-,49+,50+,56-/m0/s1. The minimum absolute atomic E-state index is 0.0253. The Balaban J connectivity index is 1.34. The molecule has 14 heteroatoms. The Morgan fingerprint density at radius 2 is 1.47 bits per heavy atom. The Morgan fingerprint density at radius 1 is 0.814 bits per heavy atom. The number of methoxy groups -OCH3 is 1. The molecule has 5 aromatic carbocycles. The smallest absolute Gasteiger partial charge is 0.421 e. The number of nitrogens with zero attached hydrogens (tertiary/aromatic N) is 2. The molecule has 4 N–H and O–H groups in total. The third-order valence-corrected chi connectivity index (χ3v) is 14.0. The summed E-state index contributed by atoms with van der Waals surface area (Å²) in [6.07, 6.45) is 1.35. The SMILES string of the molecule is COCCOC(=O)N1C(=O)[C@@]2(c3cc(C#CC4(O)CCCCCC4)ccc31)[C@H](C(=O)NC[C@H](O)c1ccccc1)[C@H]1C(=O)O[C@H](c3ccccc3)[C@H](c3ccccc3)N1[C@@H]2c1ccccc1OCCO. The second-order valence-corrected chi connectivity index (χ2v) is 18.2. The van der Waals surface area contributed by atoms with Crippen molar-refractivity contribution in [2.75, 3.05) is 45.0 Å². The normalized spacial score (nSPS) is 24.1. The molecule has 3 fully saturated rings. The summed E-state index contributed by atoms with van der Waals surface area (Å²) < 4.78 is 23.8. The van der Waals surface area contributed by atoms with E-state index >= 15 is 14.4 Å². The van der Waals surface area contributed by atoms with Gasteiger partial charge in [0.1, 0.15) is 42.1 Å². The molecule has 2 saturated heterocycles. The van der Waals surface area contributed by atoms with Crippen molar-refractivity contribution >= 4 is 29.6 Å². The maximum atomic E-state index is 16.5. The summed E-state index contributed by atoms with van der Waals surface area (Å²) in [6, 6.07) is 35.5. The van der Waals surface area contributed by atoms with Crippen molar-refractivity contribution in [3.05, 3.63) is 167 Å². The number of benzene rings is 5. The number of anilines is 1. The molecule has 0 aromatic heterocycles. The zero-order valence-corrected chi connectivity index (χ0v) is 38.9. The number of para-hydroxylation sites is 1. The lowest BCUT2D eigenvalue weighted by atomic mass is 9.65. The molecule has 0 unspecified atom stereocenters. The Bertz CT molecular complexity index is 2740. The molecule has 1 aliphatic carbocycles. The largest absolute Gasteiger partial charge is 0.491 e. The summed E-state index contributed by atoms with van der Waals surface area (Å²) in [5, 5.41) is 36.2. The van der Waals surface area contributed by atoms with E-state index in [1.54, 1.807) is 72.8 Å². The van der Waals surface area contributed by atoms with Gasteiger partial charge in [-0.1, -0.05) is 134 Å². The lowest BCUT2D eigenvalue weighted by Gasteiger charge is -2.46. The topological polar surface area (TPSA) is 184 Å². The van der Waals surface area contributed by atoms with Crippen molar-refractivity contribution in [1.82, 2.24) is 10.2 Å². The van der Waals surface area contributed by atoms with E-state index in [0.29, 0.717) is 40.7 Å². The fraction of sp³-hybridized carbons (Fsp3) is 0.357. The van der Waals surface area contributed by atoms with E-state index in [4.69, 9.17) is 18.9 Å². The van der Waals surface area contributed by atoms with Crippen LogP contribution in [0.25, 0.3) is 0 Å². The van der Waals surface area contributed by atoms with Gasteiger partial charge in [-0.25, -0.2) is 9.69 Å². The summed E-state index contributed by atoms with van der Waals surface area (Å²) in [5.41, 5.74) is -0.535. The van der Waals surface area contributed by atoms with E-state index in [1.165, 1.54) is 7.11 Å². The van der Waals surface area contributed by atoms with Gasteiger partial charge >= 0.3 is 12.1 Å². The van der Waals surface area contributed by atoms with Gasteiger partial charge in [-0.05, 0) is 72.2 Å². The minimum atomic E-state index is -2.19. The van der Waals surface area contributed by atoms with Crippen LogP contribution in [0, 0.1) is 17.8 Å². The third kappa shape index (κ3) is 9.07. The van der Waals surface area contributed by atoms with Crippen LogP contribution >= 0.6 is 0 Å². The average molecular weight is 948 g/mol. The fourth-order valence-corrected chi connectivity index (χ4v) is 10.9. The van der Waals surface area contributed by atoms with Crippen LogP contribution in [0.15, 0.2) is 133 Å². The molecule has 7 atom stereocenters. The van der Waals surface area contributed by atoms with E-state index in [-0.39, 0.29) is 50.0 Å². The van der Waals surface area contributed by atoms with Gasteiger partial charge in [0.15, 0.2) is 0 Å². The first kappa shape index (κ1) is 48.2. The van der Waals surface area contributed by atoms with Crippen LogP contribution in [0.1, 0.15) is 96.2 Å². The number of aliphatic hydroxyl groups is 3. The molecule has 1 spiro atoms. The van der Waals surface area contributed by atoms with Crippen molar-refractivity contribution in [2.24, 2.45) is 5.92 Å². The molecule has 9 rings (SSSR count). The quantitative estimate of drug-likeness (QED) is 0.0420. The number of cyclic esters (lactones) is 1. The van der Waals surface area contributed by atoms with E-state index in [2.05, 4.69) is 17.2 Å². The summed E-state index contributed by atoms with van der Waals surface area (Å²) in [5.74, 6) is 2.47. The number of hydrogen-bond donors (Lipinski definition) is 4. The lowest BCUT2D eigenvalue weighted by Crippen LogP contribution is -2.56. The number of aliphatic hydroxyl groups excluding tert-OH is 2. The van der Waals surface area contributed by atoms with Crippen LogP contribution in [0.3, 0.4) is 0 Å². The van der Waals surface area contributed by atoms with Crippen molar-refractivity contribution in [3.8, 4) is 17.6 Å². The number of rotatable bonds is 13. The maximum Gasteiger partial charge on any atom is 0.421 e. The van der Waals surface area contributed by atoms with Gasteiger partial charge in [-0.2, -0.15) is 0 Å². The number of morpholine rings is 1. The Kier molecular flexibility index (Phi) is 14.5. The number of hydrogen-bond acceptors (Lipinski definition) is 12. The van der Waals surface area contributed by atoms with Crippen molar-refractivity contribution in [3.63, 3.8) is 0 Å². The molecule has 0 radical (unpaired) electrons. The summed E-state index contributed by atoms with van der Waals surface area (Å²) >= 11 is 0. The Hall–Kier alpha value is -6.86. The zero-order chi connectivity index (χ0) is 48.8. The van der Waals surface area contributed by atoms with Gasteiger partial charge in [-0.15, -0.1) is 0 Å². The number of ether oxygens (including phenoxy) is 4. The second-order valence-electron chi connectivity index (χ2n) is 18.2. The predicted octanol–water partition coefficient (Wildman–Crippen LogP) is 6.79. The zero-order valence-electron chi connectivity index (χ0n) is 38.9. The number of amides is 3. The number of carbonyl (C=O) groups is 4. The van der Waals surface area contributed by atoms with Gasteiger partial charge in [0.25, 0.3) is 0 Å². The van der Waals surface area contributed by atoms with Crippen molar-refractivity contribution < 1.29 is 53.4 Å². The number of fused-ring (bicyclic) bond motifs is 3. The summed E-state index contributed by atoms with van der Waals surface area (Å²) in [4.78, 5) is 65.2. The average Bonchev–Trinajstić information content (AvgIpc) is 3.72. The van der Waals surface area contributed by atoms with Crippen molar-refractivity contribution in [2.45, 2.75) is 79.9 Å². The highest BCUT2D eigenvalue weighted by Crippen LogP contribution is 2.66. The Morgan fingerprint density at radius 3 is 2.16 bits per heavy atom. The molecule has 0 bridgehead atoms. The van der Waals surface area contributed by atoms with Crippen LogP contribution in [-0.4, -0.2) is 95.8 Å². The number of imide groups is 1. The molecular weight excluding hydrogens is 891 g/mol. The molecule has 3 aliphatic heterocycles.